The molecule has 0 saturated heterocycles. The highest BCUT2D eigenvalue weighted by molar-refractivity contribution is 5.79. The summed E-state index contributed by atoms with van der Waals surface area (Å²) in [6, 6.07) is 0. The molecule has 0 bridgehead atoms. The Morgan fingerprint density at radius 2 is 1.69 bits per heavy atom. The zero-order valence-corrected chi connectivity index (χ0v) is 12.8. The van der Waals surface area contributed by atoms with Gasteiger partial charge in [0.2, 0.25) is 0 Å². The Kier molecular flexibility index (Phi) is 25.8. The fraction of sp³-hybridized carbons (Fsp3) is 0.800. The van der Waals surface area contributed by atoms with Gasteiger partial charge in [0, 0.05) is 11.9 Å². The van der Waals surface area contributed by atoms with Gasteiger partial charge in [-0.25, -0.2) is 0 Å². The molecule has 0 rings (SSSR count). The molecule has 0 saturated carbocycles. The molecule has 0 aromatic carbocycles. The van der Waals surface area contributed by atoms with E-state index in [1.807, 2.05) is 40.7 Å². The monoisotopic (exact) mass is 227 g/mol. The molecule has 0 radical (unpaired) electrons. The van der Waals surface area contributed by atoms with E-state index in [2.05, 4.69) is 25.8 Å². The van der Waals surface area contributed by atoms with Gasteiger partial charge >= 0.3 is 0 Å². The van der Waals surface area contributed by atoms with Gasteiger partial charge in [0.15, 0.2) is 0 Å². The summed E-state index contributed by atoms with van der Waals surface area (Å²) in [5.41, 5.74) is 1.10. The van der Waals surface area contributed by atoms with E-state index in [1.54, 1.807) is 6.20 Å². The summed E-state index contributed by atoms with van der Waals surface area (Å²) in [4.78, 5) is 3.98. The lowest BCUT2D eigenvalue weighted by molar-refractivity contribution is 0.509. The van der Waals surface area contributed by atoms with E-state index < -0.39 is 0 Å². The number of nitrogens with zero attached hydrogens (tertiary/aromatic N) is 1. The molecule has 0 aliphatic rings. The van der Waals surface area contributed by atoms with Gasteiger partial charge in [0.1, 0.15) is 0 Å². The van der Waals surface area contributed by atoms with Gasteiger partial charge in [-0.05, 0) is 26.7 Å². The number of rotatable bonds is 4. The molecule has 0 aliphatic heterocycles. The van der Waals surface area contributed by atoms with Crippen molar-refractivity contribution < 1.29 is 0 Å². The number of allylic oxidation sites excluding steroid dienone is 1. The van der Waals surface area contributed by atoms with Gasteiger partial charge in [-0.15, -0.1) is 0 Å². The molecule has 0 N–H and O–H groups in total. The number of hydrogen-bond donors (Lipinski definition) is 0. The average Bonchev–Trinajstić information content (AvgIpc) is 2.30. The Balaban J connectivity index is -0.000000183. The summed E-state index contributed by atoms with van der Waals surface area (Å²) in [5, 5.41) is 0. The molecule has 0 fully saturated rings. The molecule has 0 aliphatic carbocycles. The van der Waals surface area contributed by atoms with E-state index in [1.165, 1.54) is 19.3 Å². The number of hydrogen-bond acceptors (Lipinski definition) is 1. The zero-order valence-electron chi connectivity index (χ0n) is 12.8. The van der Waals surface area contributed by atoms with Crippen LogP contribution in [0.5, 0.6) is 0 Å². The van der Waals surface area contributed by atoms with E-state index in [-0.39, 0.29) is 0 Å². The molecule has 0 amide bonds. The van der Waals surface area contributed by atoms with Crippen LogP contribution in [-0.4, -0.2) is 5.71 Å². The fourth-order valence-corrected chi connectivity index (χ4v) is 0.921. The maximum absolute atomic E-state index is 3.98. The van der Waals surface area contributed by atoms with Crippen LogP contribution in [0.25, 0.3) is 0 Å². The Bertz CT molecular complexity index is 153. The van der Waals surface area contributed by atoms with Crippen LogP contribution in [-0.2, 0) is 0 Å². The van der Waals surface area contributed by atoms with Crippen LogP contribution < -0.4 is 0 Å². The summed E-state index contributed by atoms with van der Waals surface area (Å²) < 4.78 is 0. The lowest BCUT2D eigenvalue weighted by atomic mass is 10.0. The SMILES string of the molecule is C/C=C\N=C(C)C.CC.CCCC(C)CC. The smallest absolute Gasteiger partial charge is 0.0224 e. The third kappa shape index (κ3) is 29.2. The Labute approximate surface area is 104 Å². The fourth-order valence-electron chi connectivity index (χ4n) is 0.921. The van der Waals surface area contributed by atoms with E-state index in [4.69, 9.17) is 0 Å². The summed E-state index contributed by atoms with van der Waals surface area (Å²) in [6.45, 7) is 16.7. The minimum absolute atomic E-state index is 0.949. The van der Waals surface area contributed by atoms with Gasteiger partial charge < -0.3 is 0 Å². The molecule has 0 spiro atoms. The first-order valence-electron chi connectivity index (χ1n) is 6.70. The molecule has 1 heteroatoms. The minimum Gasteiger partial charge on any atom is -0.267 e. The molecular weight excluding hydrogens is 194 g/mol. The van der Waals surface area contributed by atoms with Crippen molar-refractivity contribution in [3.05, 3.63) is 12.3 Å². The molecule has 0 aromatic rings. The lowest BCUT2D eigenvalue weighted by Gasteiger charge is -2.02. The van der Waals surface area contributed by atoms with Gasteiger partial charge in [-0.1, -0.05) is 60.0 Å². The molecule has 0 heterocycles. The van der Waals surface area contributed by atoms with Crippen LogP contribution in [0.3, 0.4) is 0 Å². The summed E-state index contributed by atoms with van der Waals surface area (Å²) in [7, 11) is 0. The van der Waals surface area contributed by atoms with Crippen LogP contribution in [0, 0.1) is 5.92 Å². The molecule has 1 nitrogen and oxygen atoms in total. The first-order chi connectivity index (χ1) is 7.58. The van der Waals surface area contributed by atoms with Gasteiger partial charge in [-0.2, -0.15) is 0 Å². The van der Waals surface area contributed by atoms with E-state index in [0.717, 1.165) is 11.6 Å². The van der Waals surface area contributed by atoms with Crippen LogP contribution in [0.4, 0.5) is 0 Å². The highest BCUT2D eigenvalue weighted by atomic mass is 14.7. The van der Waals surface area contributed by atoms with E-state index >= 15 is 0 Å². The minimum atomic E-state index is 0.949. The normalized spacial score (nSPS) is 10.8. The number of aliphatic imine (C=N–C) groups is 1. The van der Waals surface area contributed by atoms with Gasteiger partial charge in [0.25, 0.3) is 0 Å². The summed E-state index contributed by atoms with van der Waals surface area (Å²) in [5.74, 6) is 0.949. The van der Waals surface area contributed by atoms with Crippen molar-refractivity contribution in [3.63, 3.8) is 0 Å². The highest BCUT2D eigenvalue weighted by Crippen LogP contribution is 2.07. The predicted molar refractivity (Wildman–Crippen MR) is 79.3 cm³/mol. The Morgan fingerprint density at radius 1 is 1.19 bits per heavy atom. The third-order valence-corrected chi connectivity index (χ3v) is 1.96. The van der Waals surface area contributed by atoms with E-state index in [0.29, 0.717) is 0 Å². The zero-order chi connectivity index (χ0) is 13.4. The Morgan fingerprint density at radius 3 is 1.81 bits per heavy atom. The summed E-state index contributed by atoms with van der Waals surface area (Å²) in [6.07, 6.45) is 7.78. The maximum atomic E-state index is 3.98. The van der Waals surface area contributed by atoms with Crippen molar-refractivity contribution in [1.82, 2.24) is 0 Å². The molecule has 0 aromatic heterocycles. The maximum Gasteiger partial charge on any atom is 0.0224 e. The largest absolute Gasteiger partial charge is 0.267 e. The van der Waals surface area contributed by atoms with Crippen molar-refractivity contribution in [3.8, 4) is 0 Å². The van der Waals surface area contributed by atoms with Crippen LogP contribution >= 0.6 is 0 Å². The average molecular weight is 227 g/mol. The molecule has 1 unspecified atom stereocenters. The molecule has 16 heavy (non-hydrogen) atoms. The van der Waals surface area contributed by atoms with Crippen LogP contribution in [0.2, 0.25) is 0 Å². The lowest BCUT2D eigenvalue weighted by Crippen LogP contribution is -1.88. The van der Waals surface area contributed by atoms with E-state index in [9.17, 15) is 0 Å². The topological polar surface area (TPSA) is 12.4 Å². The second kappa shape index (κ2) is 19.9. The predicted octanol–water partition coefficient (Wildman–Crippen LogP) is 5.86. The third-order valence-electron chi connectivity index (χ3n) is 1.96. The van der Waals surface area contributed by atoms with Gasteiger partial charge in [0.05, 0.1) is 0 Å². The molecule has 1 atom stereocenters. The quantitative estimate of drug-likeness (QED) is 0.533. The first kappa shape index (κ1) is 20.8. The van der Waals surface area contributed by atoms with Crippen LogP contribution in [0.15, 0.2) is 17.3 Å². The van der Waals surface area contributed by atoms with Crippen molar-refractivity contribution >= 4 is 5.71 Å². The van der Waals surface area contributed by atoms with Crippen molar-refractivity contribution in [2.75, 3.05) is 0 Å². The van der Waals surface area contributed by atoms with Crippen molar-refractivity contribution in [2.45, 2.75) is 74.7 Å². The Hall–Kier alpha value is -0.590. The standard InChI is InChI=1S/C7H16.C6H11N.C2H6/c1-4-6-7(3)5-2;1-4-5-7-6(2)3;1-2/h7H,4-6H2,1-3H3;4-5H,1-3H3;1-2H3/b;5-4-;. The summed E-state index contributed by atoms with van der Waals surface area (Å²) >= 11 is 0. The molecule has 98 valence electrons. The van der Waals surface area contributed by atoms with Crippen molar-refractivity contribution in [1.29, 1.82) is 0 Å². The second-order valence-corrected chi connectivity index (χ2v) is 3.86. The highest BCUT2D eigenvalue weighted by Gasteiger charge is 1.92. The van der Waals surface area contributed by atoms with Crippen molar-refractivity contribution in [2.24, 2.45) is 10.9 Å². The second-order valence-electron chi connectivity index (χ2n) is 3.86. The van der Waals surface area contributed by atoms with Crippen LogP contribution in [0.1, 0.15) is 74.7 Å². The molecular formula is C15H33N. The first-order valence-corrected chi connectivity index (χ1v) is 6.70. The van der Waals surface area contributed by atoms with Gasteiger partial charge in [-0.3, -0.25) is 4.99 Å².